The Morgan fingerprint density at radius 2 is 1.88 bits per heavy atom. The molecule has 0 saturated heterocycles. The molecule has 0 aliphatic carbocycles. The maximum absolute atomic E-state index is 13.5. The largest absolute Gasteiger partial charge is 0.383 e. The number of nitrogens with zero attached hydrogens (tertiary/aromatic N) is 3. The first-order chi connectivity index (χ1) is 16.2. The first kappa shape index (κ1) is 25.7. The second-order valence-electron chi connectivity index (χ2n) is 8.87. The van der Waals surface area contributed by atoms with Crippen molar-refractivity contribution in [2.24, 2.45) is 5.10 Å². The van der Waals surface area contributed by atoms with Crippen LogP contribution < -0.4 is 5.32 Å². The van der Waals surface area contributed by atoms with Crippen LogP contribution in [-0.4, -0.2) is 60.4 Å². The first-order valence-electron chi connectivity index (χ1n) is 11.5. The van der Waals surface area contributed by atoms with Gasteiger partial charge < -0.3 is 15.0 Å². The van der Waals surface area contributed by atoms with Crippen LogP contribution in [0.15, 0.2) is 47.6 Å². The van der Waals surface area contributed by atoms with Gasteiger partial charge in [-0.2, -0.15) is 5.10 Å². The molecule has 0 saturated carbocycles. The summed E-state index contributed by atoms with van der Waals surface area (Å²) in [5.74, 6) is -0.256. The van der Waals surface area contributed by atoms with Crippen molar-refractivity contribution < 1.29 is 14.3 Å². The zero-order valence-electron chi connectivity index (χ0n) is 20.5. The highest BCUT2D eigenvalue weighted by atomic mass is 35.5. The summed E-state index contributed by atoms with van der Waals surface area (Å²) in [6.07, 6.45) is 0.576. The number of rotatable bonds is 8. The van der Waals surface area contributed by atoms with Crippen LogP contribution in [-0.2, 0) is 9.53 Å². The highest BCUT2D eigenvalue weighted by Crippen LogP contribution is 2.33. The van der Waals surface area contributed by atoms with E-state index in [-0.39, 0.29) is 30.6 Å². The van der Waals surface area contributed by atoms with Crippen molar-refractivity contribution in [1.29, 1.82) is 0 Å². The van der Waals surface area contributed by atoms with Crippen LogP contribution in [0.25, 0.3) is 0 Å². The molecule has 182 valence electrons. The number of ether oxygens (including phenoxy) is 1. The minimum absolute atomic E-state index is 0.0457. The second kappa shape index (κ2) is 11.5. The van der Waals surface area contributed by atoms with Crippen molar-refractivity contribution in [3.63, 3.8) is 0 Å². The zero-order valence-corrected chi connectivity index (χ0v) is 21.2. The average molecular weight is 485 g/mol. The van der Waals surface area contributed by atoms with E-state index in [9.17, 15) is 9.59 Å². The van der Waals surface area contributed by atoms with Crippen LogP contribution in [0.2, 0.25) is 5.02 Å². The van der Waals surface area contributed by atoms with Crippen molar-refractivity contribution in [3.05, 3.63) is 69.7 Å². The third-order valence-corrected chi connectivity index (χ3v) is 6.10. The third-order valence-electron chi connectivity index (χ3n) is 5.85. The summed E-state index contributed by atoms with van der Waals surface area (Å²) in [5.41, 5.74) is 5.15. The lowest BCUT2D eigenvalue weighted by molar-refractivity contribution is -0.133. The summed E-state index contributed by atoms with van der Waals surface area (Å²) in [7, 11) is 1.57. The number of nitrogens with one attached hydrogen (secondary N) is 1. The number of methoxy groups -OCH3 is 1. The zero-order chi connectivity index (χ0) is 24.8. The van der Waals surface area contributed by atoms with Crippen molar-refractivity contribution in [2.45, 2.75) is 46.2 Å². The molecule has 2 aromatic carbocycles. The van der Waals surface area contributed by atoms with Crippen molar-refractivity contribution in [1.82, 2.24) is 15.2 Å². The number of aryl methyl sites for hydroxylation is 2. The van der Waals surface area contributed by atoms with Gasteiger partial charge in [0, 0.05) is 31.1 Å². The second-order valence-corrected chi connectivity index (χ2v) is 9.31. The summed E-state index contributed by atoms with van der Waals surface area (Å²) in [6.45, 7) is 8.42. The highest BCUT2D eigenvalue weighted by molar-refractivity contribution is 6.30. The van der Waals surface area contributed by atoms with E-state index in [1.165, 1.54) is 21.0 Å². The SMILES string of the molecule is COCCN(CC(=O)N1N=C(c2ccc(C)c(C)c2)C[C@@H]1c1ccc(Cl)cc1)C(=O)NC(C)C. The Morgan fingerprint density at radius 3 is 2.50 bits per heavy atom. The summed E-state index contributed by atoms with van der Waals surface area (Å²) < 4.78 is 5.15. The molecular weight excluding hydrogens is 452 g/mol. The molecule has 0 spiro atoms. The smallest absolute Gasteiger partial charge is 0.318 e. The minimum atomic E-state index is -0.305. The number of carbonyl (C=O) groups is 2. The van der Waals surface area contributed by atoms with E-state index in [0.717, 1.165) is 16.8 Å². The normalized spacial score (nSPS) is 15.4. The fourth-order valence-corrected chi connectivity index (χ4v) is 3.93. The number of hydrogen-bond acceptors (Lipinski definition) is 4. The van der Waals surface area contributed by atoms with Gasteiger partial charge in [0.15, 0.2) is 0 Å². The van der Waals surface area contributed by atoms with Crippen LogP contribution >= 0.6 is 11.6 Å². The minimum Gasteiger partial charge on any atom is -0.383 e. The lowest BCUT2D eigenvalue weighted by Crippen LogP contribution is -2.48. The molecule has 1 N–H and O–H groups in total. The molecule has 0 fully saturated rings. The van der Waals surface area contributed by atoms with Gasteiger partial charge in [-0.15, -0.1) is 0 Å². The van der Waals surface area contributed by atoms with Crippen LogP contribution in [0, 0.1) is 13.8 Å². The highest BCUT2D eigenvalue weighted by Gasteiger charge is 2.34. The quantitative estimate of drug-likeness (QED) is 0.590. The van der Waals surface area contributed by atoms with E-state index in [0.29, 0.717) is 24.6 Å². The van der Waals surface area contributed by atoms with Gasteiger partial charge in [-0.3, -0.25) is 4.79 Å². The molecule has 1 aliphatic rings. The van der Waals surface area contributed by atoms with Crippen LogP contribution in [0.4, 0.5) is 4.79 Å². The van der Waals surface area contributed by atoms with E-state index in [4.69, 9.17) is 21.4 Å². The van der Waals surface area contributed by atoms with E-state index in [1.807, 2.05) is 44.2 Å². The van der Waals surface area contributed by atoms with E-state index >= 15 is 0 Å². The predicted molar refractivity (Wildman–Crippen MR) is 135 cm³/mol. The molecule has 3 amide bonds. The topological polar surface area (TPSA) is 74.2 Å². The number of amides is 3. The predicted octanol–water partition coefficient (Wildman–Crippen LogP) is 4.70. The van der Waals surface area contributed by atoms with Gasteiger partial charge in [-0.05, 0) is 68.1 Å². The van der Waals surface area contributed by atoms with Gasteiger partial charge in [0.2, 0.25) is 0 Å². The monoisotopic (exact) mass is 484 g/mol. The Kier molecular flexibility index (Phi) is 8.69. The third kappa shape index (κ3) is 6.36. The Labute approximate surface area is 206 Å². The molecule has 34 heavy (non-hydrogen) atoms. The molecule has 1 atom stereocenters. The number of benzene rings is 2. The number of urea groups is 1. The molecule has 2 aromatic rings. The molecule has 0 bridgehead atoms. The Balaban J connectivity index is 1.90. The standard InChI is InChI=1S/C26H33ClN4O3/c1-17(2)28-26(33)30(12-13-34-5)16-25(32)31-24(20-8-10-22(27)11-9-20)15-23(29-31)21-7-6-18(3)19(4)14-21/h6-11,14,17,24H,12-13,15-16H2,1-5H3,(H,28,33)/t24-/m1/s1. The van der Waals surface area contributed by atoms with E-state index in [2.05, 4.69) is 31.3 Å². The Bertz CT molecular complexity index is 1050. The molecule has 0 radical (unpaired) electrons. The van der Waals surface area contributed by atoms with E-state index < -0.39 is 0 Å². The van der Waals surface area contributed by atoms with Crippen LogP contribution in [0.3, 0.4) is 0 Å². The van der Waals surface area contributed by atoms with E-state index in [1.54, 1.807) is 7.11 Å². The fraction of sp³-hybridized carbons (Fsp3) is 0.423. The summed E-state index contributed by atoms with van der Waals surface area (Å²) >= 11 is 6.10. The van der Waals surface area contributed by atoms with Gasteiger partial charge in [-0.1, -0.05) is 35.9 Å². The molecule has 1 aliphatic heterocycles. The molecule has 1 heterocycles. The molecule has 3 rings (SSSR count). The summed E-state index contributed by atoms with van der Waals surface area (Å²) in [4.78, 5) is 27.6. The summed E-state index contributed by atoms with van der Waals surface area (Å²) in [6, 6.07) is 13.0. The van der Waals surface area contributed by atoms with Gasteiger partial charge in [-0.25, -0.2) is 9.80 Å². The van der Waals surface area contributed by atoms with Crippen LogP contribution in [0.1, 0.15) is 48.6 Å². The molecular formula is C26H33ClN4O3. The average Bonchev–Trinajstić information content (AvgIpc) is 3.24. The first-order valence-corrected chi connectivity index (χ1v) is 11.8. The Hall–Kier alpha value is -2.90. The summed E-state index contributed by atoms with van der Waals surface area (Å²) in [5, 5.41) is 9.73. The molecule has 8 heteroatoms. The Morgan fingerprint density at radius 1 is 1.18 bits per heavy atom. The lowest BCUT2D eigenvalue weighted by Gasteiger charge is -2.27. The maximum atomic E-state index is 13.5. The van der Waals surface area contributed by atoms with Crippen molar-refractivity contribution >= 4 is 29.3 Å². The fourth-order valence-electron chi connectivity index (χ4n) is 3.81. The number of halogens is 1. The van der Waals surface area contributed by atoms with Crippen molar-refractivity contribution in [3.8, 4) is 0 Å². The van der Waals surface area contributed by atoms with Gasteiger partial charge in [0.1, 0.15) is 6.54 Å². The number of hydrogen-bond donors (Lipinski definition) is 1. The molecule has 0 unspecified atom stereocenters. The maximum Gasteiger partial charge on any atom is 0.318 e. The lowest BCUT2D eigenvalue weighted by atomic mass is 9.96. The van der Waals surface area contributed by atoms with Gasteiger partial charge >= 0.3 is 6.03 Å². The van der Waals surface area contributed by atoms with Crippen LogP contribution in [0.5, 0.6) is 0 Å². The molecule has 7 nitrogen and oxygen atoms in total. The van der Waals surface area contributed by atoms with Gasteiger partial charge in [0.25, 0.3) is 5.91 Å². The molecule has 0 aromatic heterocycles. The number of hydrazone groups is 1. The van der Waals surface area contributed by atoms with Gasteiger partial charge in [0.05, 0.1) is 18.4 Å². The van der Waals surface area contributed by atoms with Crippen molar-refractivity contribution in [2.75, 3.05) is 26.8 Å². The number of carbonyl (C=O) groups excluding carboxylic acids is 2.